The number of aryl methyl sites for hydroxylation is 4. The molecule has 4 aromatic carbocycles. The third-order valence-electron chi connectivity index (χ3n) is 13.6. The number of carbonyl (C=O) groups is 5. The number of anilines is 2. The van der Waals surface area contributed by atoms with Crippen LogP contribution in [0.3, 0.4) is 0 Å². The first-order valence-electron chi connectivity index (χ1n) is 29.1. The largest absolute Gasteiger partial charge is 0.573 e. The molecule has 1 aliphatic rings. The number of rotatable bonds is 30. The zero-order chi connectivity index (χ0) is 65.3. The van der Waals surface area contributed by atoms with Crippen LogP contribution >= 0.6 is 22.7 Å². The molecular formula is C63H63F6N11O10S2. The number of amides is 2. The first-order valence-corrected chi connectivity index (χ1v) is 30.8. The van der Waals surface area contributed by atoms with Crippen LogP contribution in [0.25, 0.3) is 0 Å². The number of halogens is 6. The van der Waals surface area contributed by atoms with Gasteiger partial charge >= 0.3 is 18.7 Å². The summed E-state index contributed by atoms with van der Waals surface area (Å²) in [6, 6.07) is 35.1. The van der Waals surface area contributed by atoms with E-state index in [1.807, 2.05) is 6.07 Å². The van der Waals surface area contributed by atoms with Crippen molar-refractivity contribution in [3.05, 3.63) is 189 Å². The predicted molar refractivity (Wildman–Crippen MR) is 324 cm³/mol. The molecule has 4 aromatic heterocycles. The molecular weight excluding hydrogens is 1250 g/mol. The van der Waals surface area contributed by atoms with Crippen LogP contribution in [-0.4, -0.2) is 126 Å². The van der Waals surface area contributed by atoms with Crippen molar-refractivity contribution in [3.63, 3.8) is 0 Å². The molecule has 2 amide bonds. The van der Waals surface area contributed by atoms with Gasteiger partial charge in [-0.2, -0.15) is 20.4 Å². The molecule has 0 bridgehead atoms. The number of ketones is 2. The number of nitrogens with zero attached hydrogens (tertiary/aromatic N) is 9. The number of hydrogen-bond acceptors (Lipinski definition) is 21. The van der Waals surface area contributed by atoms with Crippen molar-refractivity contribution in [1.29, 1.82) is 0 Å². The molecule has 2 atom stereocenters. The Balaban J connectivity index is 0.000000242. The van der Waals surface area contributed by atoms with Gasteiger partial charge in [0.25, 0.3) is 11.8 Å². The molecule has 0 saturated carbocycles. The Bertz CT molecular complexity index is 3660. The van der Waals surface area contributed by atoms with Gasteiger partial charge in [-0.1, -0.05) is 108 Å². The highest BCUT2D eigenvalue weighted by Gasteiger charge is 2.32. The quantitative estimate of drug-likeness (QED) is 0.0214. The van der Waals surface area contributed by atoms with Crippen molar-refractivity contribution >= 4 is 62.3 Å². The molecule has 9 rings (SSSR count). The summed E-state index contributed by atoms with van der Waals surface area (Å²) in [4.78, 5) is 65.2. The van der Waals surface area contributed by atoms with Crippen molar-refractivity contribution in [3.8, 4) is 11.5 Å². The number of aliphatic hydroxyl groups excluding tert-OH is 1. The van der Waals surface area contributed by atoms with Gasteiger partial charge in [-0.25, -0.2) is 0 Å². The molecule has 8 aromatic rings. The maximum atomic E-state index is 13.3. The summed E-state index contributed by atoms with van der Waals surface area (Å²) >= 11 is 2.50. The summed E-state index contributed by atoms with van der Waals surface area (Å²) in [6.45, 7) is 3.27. The van der Waals surface area contributed by atoms with Crippen LogP contribution in [0.4, 0.5) is 36.6 Å². The van der Waals surface area contributed by atoms with Gasteiger partial charge in [-0.15, -0.1) is 46.7 Å². The maximum absolute atomic E-state index is 13.3. The third-order valence-corrected chi connectivity index (χ3v) is 15.4. The van der Waals surface area contributed by atoms with E-state index in [2.05, 4.69) is 65.8 Å². The monoisotopic (exact) mass is 1310 g/mol. The van der Waals surface area contributed by atoms with Crippen molar-refractivity contribution in [1.82, 2.24) is 45.7 Å². The van der Waals surface area contributed by atoms with Crippen molar-refractivity contribution in [2.75, 3.05) is 43.5 Å². The number of carbonyl (C=O) groups excluding carboxylic acids is 5. The summed E-state index contributed by atoms with van der Waals surface area (Å²) in [6.07, 6.45) is -6.25. The molecule has 1 fully saturated rings. The number of aliphatic hydroxyl groups is 1. The number of morpholine rings is 1. The number of Topliss-reactive ketones (excluding diaryl/α,β-unsaturated/α-hetero) is 2. The van der Waals surface area contributed by atoms with E-state index in [0.29, 0.717) is 89.3 Å². The summed E-state index contributed by atoms with van der Waals surface area (Å²) in [7, 11) is 0. The van der Waals surface area contributed by atoms with E-state index in [1.165, 1.54) is 59.1 Å². The van der Waals surface area contributed by atoms with Crippen molar-refractivity contribution in [2.24, 2.45) is 0 Å². The number of benzene rings is 4. The van der Waals surface area contributed by atoms with Crippen LogP contribution in [0.15, 0.2) is 133 Å². The summed E-state index contributed by atoms with van der Waals surface area (Å²) < 4.78 is 93.5. The Morgan fingerprint density at radius 1 is 0.522 bits per heavy atom. The van der Waals surface area contributed by atoms with Crippen LogP contribution in [0.1, 0.15) is 99.4 Å². The normalized spacial score (nSPS) is 13.2. The van der Waals surface area contributed by atoms with E-state index in [-0.39, 0.29) is 55.2 Å². The fraction of sp³-hybridized carbons (Fsp3) is 0.349. The van der Waals surface area contributed by atoms with Gasteiger partial charge in [0, 0.05) is 50.9 Å². The molecule has 0 aliphatic carbocycles. The number of nitrogens with one attached hydrogen (secondary N) is 2. The molecule has 5 heterocycles. The maximum Gasteiger partial charge on any atom is 0.573 e. The second-order valence-electron chi connectivity index (χ2n) is 20.9. The smallest absolute Gasteiger partial charge is 0.447 e. The Morgan fingerprint density at radius 3 is 1.43 bits per heavy atom. The zero-order valence-corrected chi connectivity index (χ0v) is 50.9. The second kappa shape index (κ2) is 34.4. The van der Waals surface area contributed by atoms with Gasteiger partial charge in [0.15, 0.2) is 6.10 Å². The molecule has 0 radical (unpaired) electrons. The van der Waals surface area contributed by atoms with E-state index >= 15 is 0 Å². The molecule has 92 heavy (non-hydrogen) atoms. The van der Waals surface area contributed by atoms with Crippen LogP contribution in [0, 0.1) is 0 Å². The predicted octanol–water partition coefficient (Wildman–Crippen LogP) is 9.91. The van der Waals surface area contributed by atoms with Gasteiger partial charge in [0.2, 0.25) is 16.4 Å². The number of ether oxygens (including phenoxy) is 4. The van der Waals surface area contributed by atoms with E-state index < -0.39 is 42.7 Å². The number of hydrogen-bond donors (Lipinski definition) is 3. The van der Waals surface area contributed by atoms with Crippen LogP contribution in [-0.2, 0) is 84.8 Å². The lowest BCUT2D eigenvalue weighted by Gasteiger charge is -2.26. The van der Waals surface area contributed by atoms with E-state index in [4.69, 9.17) is 9.47 Å². The van der Waals surface area contributed by atoms with Crippen molar-refractivity contribution in [2.45, 2.75) is 108 Å². The third kappa shape index (κ3) is 24.3. The highest BCUT2D eigenvalue weighted by molar-refractivity contribution is 7.15. The van der Waals surface area contributed by atoms with Crippen molar-refractivity contribution < 1.29 is 74.4 Å². The Hall–Kier alpha value is -9.03. The Morgan fingerprint density at radius 2 is 0.967 bits per heavy atom. The Labute approximate surface area is 532 Å². The molecule has 1 aliphatic heterocycles. The van der Waals surface area contributed by atoms with Crippen LogP contribution in [0.2, 0.25) is 0 Å². The van der Waals surface area contributed by atoms with Gasteiger partial charge in [-0.05, 0) is 104 Å². The minimum Gasteiger partial charge on any atom is -0.447 e. The number of esters is 1. The minimum absolute atomic E-state index is 0.00296. The highest BCUT2D eigenvalue weighted by Crippen LogP contribution is 2.28. The molecule has 1 saturated heterocycles. The van der Waals surface area contributed by atoms with Gasteiger partial charge < -0.3 is 24.1 Å². The lowest BCUT2D eigenvalue weighted by Crippen LogP contribution is -2.38. The molecule has 29 heteroatoms. The number of alkyl halides is 6. The SMILES string of the molecule is O=C(Cc1cccc(OC(F)(F)F)c1)Cc1ccc(CCCCc2nnc(NC(=O)C(O)c3ccccc3)s2)nn1.O=C(Cc1cccc(OC(F)(F)F)c1)Cc1ccc(CCCCc2nnc(NC(=O)C(OC(=O)CCN3CCOCC3)c3ccccc3)s2)nn1. The molecule has 3 N–H and O–H groups in total. The topological polar surface area (TPSA) is 273 Å². The number of aromatic nitrogens is 8. The summed E-state index contributed by atoms with van der Waals surface area (Å²) in [5.41, 5.74) is 4.31. The molecule has 0 spiro atoms. The average Bonchev–Trinajstić information content (AvgIpc) is 2.27. The zero-order valence-electron chi connectivity index (χ0n) is 49.3. The molecule has 21 nitrogen and oxygen atoms in total. The summed E-state index contributed by atoms with van der Waals surface area (Å²) in [5.74, 6) is -2.74. The molecule has 2 unspecified atom stereocenters. The van der Waals surface area contributed by atoms with Gasteiger partial charge in [0.05, 0.1) is 55.3 Å². The van der Waals surface area contributed by atoms with E-state index in [0.717, 1.165) is 60.2 Å². The second-order valence-corrected chi connectivity index (χ2v) is 23.0. The fourth-order valence-corrected chi connectivity index (χ4v) is 10.8. The fourth-order valence-electron chi connectivity index (χ4n) is 9.19. The lowest BCUT2D eigenvalue weighted by molar-refractivity contribution is -0.275. The standard InChI is InChI=1S/C35H37F3N6O6S.C28H26F3N5O4S/c36-35(37,38)50-29-11-6-7-24(22-29)21-28(45)23-27-14-13-26(40-41-27)10-4-5-12-30-42-43-34(51-30)39-33(47)32(25-8-2-1-3-9-25)49-31(46)15-16-44-17-19-48-20-18-44;29-28(30,31)40-23-11-6-7-18(16-23)15-22(37)17-21-14-13-20(33-34-21)10-4-5-12-24-35-36-27(41-24)32-26(39)25(38)19-8-2-1-3-9-19/h1-3,6-9,11,13-14,22,32H,4-5,10,12,15-21,23H2,(H,39,43,47);1-3,6-9,11,13-14,16,25,38H,4-5,10,12,15,17H2,(H,32,36,39). The van der Waals surface area contributed by atoms with Gasteiger partial charge in [0.1, 0.15) is 33.1 Å². The first-order chi connectivity index (χ1) is 44.2. The van der Waals surface area contributed by atoms with Crippen LogP contribution < -0.4 is 20.1 Å². The molecule has 484 valence electrons. The van der Waals surface area contributed by atoms with E-state index in [9.17, 15) is 55.4 Å². The van der Waals surface area contributed by atoms with Gasteiger partial charge in [-0.3, -0.25) is 39.5 Å². The highest BCUT2D eigenvalue weighted by atomic mass is 32.1. The van der Waals surface area contributed by atoms with Crippen LogP contribution in [0.5, 0.6) is 11.5 Å². The number of unbranched alkanes of at least 4 members (excludes halogenated alkanes) is 2. The van der Waals surface area contributed by atoms with E-state index in [1.54, 1.807) is 91.0 Å². The first kappa shape index (κ1) is 68.9. The summed E-state index contributed by atoms with van der Waals surface area (Å²) in [5, 5.41) is 50.6. The minimum atomic E-state index is -4.81. The lowest BCUT2D eigenvalue weighted by atomic mass is 10.1. The Kier molecular flexibility index (Phi) is 25.8. The average molecular weight is 1310 g/mol.